The summed E-state index contributed by atoms with van der Waals surface area (Å²) in [5.74, 6) is 0. The maximum absolute atomic E-state index is 6.40. The summed E-state index contributed by atoms with van der Waals surface area (Å²) in [6.45, 7) is 6.05. The van der Waals surface area contributed by atoms with Gasteiger partial charge in [-0.15, -0.1) is 0 Å². The Morgan fingerprint density at radius 1 is 1.33 bits per heavy atom. The van der Waals surface area contributed by atoms with E-state index < -0.39 is 0 Å². The van der Waals surface area contributed by atoms with Crippen molar-refractivity contribution in [3.05, 3.63) is 33.8 Å². The predicted octanol–water partition coefficient (Wildman–Crippen LogP) is 3.41. The van der Waals surface area contributed by atoms with Gasteiger partial charge in [0, 0.05) is 41.8 Å². The monoisotopic (exact) mass is 329 g/mol. The van der Waals surface area contributed by atoms with Crippen LogP contribution in [0.2, 0.25) is 10.0 Å². The van der Waals surface area contributed by atoms with Crippen molar-refractivity contribution in [2.45, 2.75) is 31.8 Å². The molecular weight excluding hydrogens is 305 g/mol. The van der Waals surface area contributed by atoms with Gasteiger partial charge < -0.3 is 10.6 Å². The third-order valence-electron chi connectivity index (χ3n) is 4.36. The SMILES string of the molecule is CCC1CN(C)CCCN1C(CN)c1cc(Cl)ccc1Cl. The van der Waals surface area contributed by atoms with Crippen LogP contribution in [0.1, 0.15) is 31.4 Å². The standard InChI is InChI=1S/C16H25Cl2N3/c1-3-13-11-20(2)7-4-8-21(13)16(10-19)14-9-12(17)5-6-15(14)18/h5-6,9,13,16H,3-4,7-8,10-11,19H2,1-2H3. The number of likely N-dealkylation sites (N-methyl/N-ethyl adjacent to an activating group) is 1. The van der Waals surface area contributed by atoms with Crippen LogP contribution in [0.5, 0.6) is 0 Å². The molecule has 0 bridgehead atoms. The van der Waals surface area contributed by atoms with E-state index in [-0.39, 0.29) is 6.04 Å². The first-order chi connectivity index (χ1) is 10.1. The first-order valence-corrected chi connectivity index (χ1v) is 8.41. The maximum atomic E-state index is 6.40. The van der Waals surface area contributed by atoms with E-state index in [4.69, 9.17) is 28.9 Å². The van der Waals surface area contributed by atoms with Crippen LogP contribution in [0.4, 0.5) is 0 Å². The van der Waals surface area contributed by atoms with Crippen molar-refractivity contribution in [3.8, 4) is 0 Å². The van der Waals surface area contributed by atoms with Crippen LogP contribution in [-0.2, 0) is 0 Å². The van der Waals surface area contributed by atoms with E-state index >= 15 is 0 Å². The molecule has 0 amide bonds. The molecule has 3 nitrogen and oxygen atoms in total. The molecule has 1 saturated heterocycles. The Labute approximate surface area is 138 Å². The fourth-order valence-corrected chi connectivity index (χ4v) is 3.67. The highest BCUT2D eigenvalue weighted by atomic mass is 35.5. The summed E-state index contributed by atoms with van der Waals surface area (Å²) in [6, 6.07) is 6.29. The topological polar surface area (TPSA) is 32.5 Å². The van der Waals surface area contributed by atoms with E-state index in [0.29, 0.717) is 17.6 Å². The van der Waals surface area contributed by atoms with Gasteiger partial charge in [0.2, 0.25) is 0 Å². The number of nitrogens with two attached hydrogens (primary N) is 1. The molecule has 0 saturated carbocycles. The van der Waals surface area contributed by atoms with Crippen molar-refractivity contribution in [2.75, 3.05) is 33.2 Å². The Hall–Kier alpha value is -0.320. The summed E-state index contributed by atoms with van der Waals surface area (Å²) in [5.41, 5.74) is 7.15. The average Bonchev–Trinajstić information content (AvgIpc) is 2.65. The Kier molecular flexibility index (Phi) is 6.33. The lowest BCUT2D eigenvalue weighted by molar-refractivity contribution is 0.131. The second-order valence-corrected chi connectivity index (χ2v) is 6.68. The van der Waals surface area contributed by atoms with Gasteiger partial charge in [-0.1, -0.05) is 30.1 Å². The molecule has 5 heteroatoms. The van der Waals surface area contributed by atoms with Gasteiger partial charge in [-0.05, 0) is 50.2 Å². The lowest BCUT2D eigenvalue weighted by atomic mass is 10.0. The van der Waals surface area contributed by atoms with Crippen LogP contribution in [0, 0.1) is 0 Å². The first kappa shape index (κ1) is 17.0. The molecule has 2 unspecified atom stereocenters. The lowest BCUT2D eigenvalue weighted by Crippen LogP contribution is -2.44. The van der Waals surface area contributed by atoms with E-state index in [2.05, 4.69) is 23.8 Å². The van der Waals surface area contributed by atoms with Crippen LogP contribution < -0.4 is 5.73 Å². The zero-order chi connectivity index (χ0) is 15.4. The zero-order valence-electron chi connectivity index (χ0n) is 12.9. The van der Waals surface area contributed by atoms with Gasteiger partial charge in [0.05, 0.1) is 0 Å². The number of rotatable bonds is 4. The van der Waals surface area contributed by atoms with E-state index in [9.17, 15) is 0 Å². The molecular formula is C16H25Cl2N3. The molecule has 0 aromatic heterocycles. The molecule has 1 aliphatic heterocycles. The van der Waals surface area contributed by atoms with Crippen LogP contribution in [0.15, 0.2) is 18.2 Å². The Balaban J connectivity index is 2.31. The minimum absolute atomic E-state index is 0.132. The van der Waals surface area contributed by atoms with E-state index in [1.165, 1.54) is 0 Å². The molecule has 2 N–H and O–H groups in total. The first-order valence-electron chi connectivity index (χ1n) is 7.66. The average molecular weight is 330 g/mol. The second-order valence-electron chi connectivity index (χ2n) is 5.83. The maximum Gasteiger partial charge on any atom is 0.0489 e. The lowest BCUT2D eigenvalue weighted by Gasteiger charge is -2.37. The number of benzene rings is 1. The predicted molar refractivity (Wildman–Crippen MR) is 91.2 cm³/mol. The molecule has 1 aromatic rings. The van der Waals surface area contributed by atoms with Gasteiger partial charge >= 0.3 is 0 Å². The molecule has 0 aliphatic carbocycles. The molecule has 2 rings (SSSR count). The zero-order valence-corrected chi connectivity index (χ0v) is 14.4. The van der Waals surface area contributed by atoms with Crippen molar-refractivity contribution in [2.24, 2.45) is 5.73 Å². The number of nitrogens with zero attached hydrogens (tertiary/aromatic N) is 2. The summed E-state index contributed by atoms with van der Waals surface area (Å²) >= 11 is 12.6. The Morgan fingerprint density at radius 3 is 2.76 bits per heavy atom. The number of hydrogen-bond acceptors (Lipinski definition) is 3. The molecule has 1 fully saturated rings. The number of hydrogen-bond donors (Lipinski definition) is 1. The van der Waals surface area contributed by atoms with Gasteiger partial charge in [-0.3, -0.25) is 4.90 Å². The van der Waals surface area contributed by atoms with Gasteiger partial charge in [-0.2, -0.15) is 0 Å². The Bertz CT molecular complexity index is 467. The molecule has 1 aromatic carbocycles. The minimum atomic E-state index is 0.132. The van der Waals surface area contributed by atoms with Crippen LogP contribution in [-0.4, -0.2) is 49.1 Å². The summed E-state index contributed by atoms with van der Waals surface area (Å²) in [6.07, 6.45) is 2.26. The summed E-state index contributed by atoms with van der Waals surface area (Å²) in [4.78, 5) is 4.92. The molecule has 1 aliphatic rings. The van der Waals surface area contributed by atoms with Crippen LogP contribution in [0.3, 0.4) is 0 Å². The van der Waals surface area contributed by atoms with Crippen molar-refractivity contribution >= 4 is 23.2 Å². The minimum Gasteiger partial charge on any atom is -0.329 e. The molecule has 0 spiro atoms. The Morgan fingerprint density at radius 2 is 2.10 bits per heavy atom. The summed E-state index contributed by atoms with van der Waals surface area (Å²) in [5, 5.41) is 1.47. The summed E-state index contributed by atoms with van der Waals surface area (Å²) in [7, 11) is 2.19. The van der Waals surface area contributed by atoms with E-state index in [0.717, 1.165) is 43.1 Å². The fourth-order valence-electron chi connectivity index (χ4n) is 3.25. The molecule has 118 valence electrons. The largest absolute Gasteiger partial charge is 0.329 e. The second kappa shape index (κ2) is 7.80. The van der Waals surface area contributed by atoms with Crippen molar-refractivity contribution in [3.63, 3.8) is 0 Å². The molecule has 0 radical (unpaired) electrons. The third-order valence-corrected chi connectivity index (χ3v) is 4.94. The van der Waals surface area contributed by atoms with Gasteiger partial charge in [0.25, 0.3) is 0 Å². The van der Waals surface area contributed by atoms with Gasteiger partial charge in [0.1, 0.15) is 0 Å². The number of halogens is 2. The van der Waals surface area contributed by atoms with Gasteiger partial charge in [0.15, 0.2) is 0 Å². The van der Waals surface area contributed by atoms with E-state index in [1.54, 1.807) is 0 Å². The van der Waals surface area contributed by atoms with Crippen LogP contribution in [0.25, 0.3) is 0 Å². The quantitative estimate of drug-likeness (QED) is 0.918. The molecule has 2 atom stereocenters. The summed E-state index contributed by atoms with van der Waals surface area (Å²) < 4.78 is 0. The van der Waals surface area contributed by atoms with Crippen molar-refractivity contribution in [1.82, 2.24) is 9.80 Å². The molecule has 1 heterocycles. The fraction of sp³-hybridized carbons (Fsp3) is 0.625. The third kappa shape index (κ3) is 4.11. The normalized spacial score (nSPS) is 23.0. The van der Waals surface area contributed by atoms with E-state index in [1.807, 2.05) is 18.2 Å². The van der Waals surface area contributed by atoms with Gasteiger partial charge in [-0.25, -0.2) is 0 Å². The highest BCUT2D eigenvalue weighted by Gasteiger charge is 2.29. The van der Waals surface area contributed by atoms with Crippen molar-refractivity contribution in [1.29, 1.82) is 0 Å². The highest BCUT2D eigenvalue weighted by Crippen LogP contribution is 2.32. The smallest absolute Gasteiger partial charge is 0.0489 e. The highest BCUT2D eigenvalue weighted by molar-refractivity contribution is 6.33. The molecule has 21 heavy (non-hydrogen) atoms. The van der Waals surface area contributed by atoms with Crippen LogP contribution >= 0.6 is 23.2 Å². The van der Waals surface area contributed by atoms with Crippen molar-refractivity contribution < 1.29 is 0 Å².